The van der Waals surface area contributed by atoms with Gasteiger partial charge in [0, 0.05) is 19.4 Å². The van der Waals surface area contributed by atoms with Crippen LogP contribution in [0.1, 0.15) is 12.0 Å². The Hall–Kier alpha value is -1.20. The monoisotopic (exact) mass is 265 g/mol. The largest absolute Gasteiger partial charge is 0.368 e. The Morgan fingerprint density at radius 3 is 2.78 bits per heavy atom. The van der Waals surface area contributed by atoms with Gasteiger partial charge in [-0.3, -0.25) is 9.00 Å². The van der Waals surface area contributed by atoms with Gasteiger partial charge in [-0.05, 0) is 12.0 Å². The number of amides is 1. The van der Waals surface area contributed by atoms with E-state index in [2.05, 4.69) is 0 Å². The van der Waals surface area contributed by atoms with Crippen LogP contribution in [-0.2, 0) is 25.2 Å². The number of fused-ring (bicyclic) bond motifs is 1. The van der Waals surface area contributed by atoms with Gasteiger partial charge in [0.15, 0.2) is 11.0 Å². The van der Waals surface area contributed by atoms with Gasteiger partial charge in [0.1, 0.15) is 0 Å². The molecule has 4 nitrogen and oxygen atoms in total. The lowest BCUT2D eigenvalue weighted by molar-refractivity contribution is -0.178. The number of methoxy groups -OCH3 is 1. The van der Waals surface area contributed by atoms with Crippen LogP contribution in [0, 0.1) is 0 Å². The molecule has 96 valence electrons. The third-order valence-electron chi connectivity index (χ3n) is 3.73. The Bertz CT molecular complexity index is 494. The molecular weight excluding hydrogens is 250 g/mol. The van der Waals surface area contributed by atoms with Crippen LogP contribution in [0.25, 0.3) is 0 Å². The molecule has 0 N–H and O–H groups in total. The summed E-state index contributed by atoms with van der Waals surface area (Å²) in [5.41, 5.74) is 0.912. The highest BCUT2D eigenvalue weighted by Gasteiger charge is 2.66. The number of carbonyl (C=O) groups excluding carboxylic acids is 1. The molecule has 0 saturated carbocycles. The van der Waals surface area contributed by atoms with Gasteiger partial charge in [0.25, 0.3) is 5.91 Å². The predicted molar refractivity (Wildman–Crippen MR) is 68.3 cm³/mol. The molecular formula is C13H15NO3S. The number of hydrogen-bond acceptors (Lipinski definition) is 3. The molecule has 0 aromatic heterocycles. The Kier molecular flexibility index (Phi) is 2.75. The first kappa shape index (κ1) is 11.9. The van der Waals surface area contributed by atoms with E-state index in [9.17, 15) is 9.00 Å². The van der Waals surface area contributed by atoms with Crippen LogP contribution in [0.5, 0.6) is 0 Å². The standard InChI is InChI=1S/C13H15NO3S/c1-17-11-12(15)14-8-5-9-18(16)13(11,14)10-6-3-2-4-7-10/h2-4,6-7,11H,5,8-9H2,1H3/t11-,13+,18?/m1/s1. The van der Waals surface area contributed by atoms with Crippen molar-refractivity contribution in [3.8, 4) is 0 Å². The zero-order valence-electron chi connectivity index (χ0n) is 10.2. The Balaban J connectivity index is 2.14. The maximum atomic E-state index is 12.5. The number of hydrogen-bond donors (Lipinski definition) is 0. The molecule has 18 heavy (non-hydrogen) atoms. The summed E-state index contributed by atoms with van der Waals surface area (Å²) >= 11 is 0. The Morgan fingerprint density at radius 1 is 1.39 bits per heavy atom. The summed E-state index contributed by atoms with van der Waals surface area (Å²) < 4.78 is 17.8. The van der Waals surface area contributed by atoms with Crippen molar-refractivity contribution in [1.29, 1.82) is 0 Å². The average Bonchev–Trinajstić information content (AvgIpc) is 2.41. The predicted octanol–water partition coefficient (Wildman–Crippen LogP) is 0.849. The first-order valence-corrected chi connectivity index (χ1v) is 7.33. The Labute approximate surface area is 108 Å². The van der Waals surface area contributed by atoms with Crippen LogP contribution in [-0.4, -0.2) is 40.5 Å². The number of ether oxygens (including phenoxy) is 1. The molecule has 0 radical (unpaired) electrons. The summed E-state index contributed by atoms with van der Waals surface area (Å²) in [6.45, 7) is 0.666. The third kappa shape index (κ3) is 1.29. The number of rotatable bonds is 2. The van der Waals surface area contributed by atoms with E-state index in [4.69, 9.17) is 4.74 Å². The molecule has 2 aliphatic heterocycles. The molecule has 0 bridgehead atoms. The first-order chi connectivity index (χ1) is 8.72. The minimum atomic E-state index is -1.11. The van der Waals surface area contributed by atoms with Gasteiger partial charge in [0.05, 0.1) is 10.8 Å². The molecule has 3 rings (SSSR count). The van der Waals surface area contributed by atoms with Crippen LogP contribution in [0.15, 0.2) is 30.3 Å². The van der Waals surface area contributed by atoms with Crippen molar-refractivity contribution in [2.45, 2.75) is 17.4 Å². The number of β-lactam (4-membered cyclic amide) rings is 1. The molecule has 2 heterocycles. The quantitative estimate of drug-likeness (QED) is 0.745. The van der Waals surface area contributed by atoms with Crippen molar-refractivity contribution >= 4 is 16.7 Å². The molecule has 0 spiro atoms. The lowest BCUT2D eigenvalue weighted by Crippen LogP contribution is -2.76. The van der Waals surface area contributed by atoms with Crippen molar-refractivity contribution in [2.75, 3.05) is 19.4 Å². The number of benzene rings is 1. The topological polar surface area (TPSA) is 46.6 Å². The van der Waals surface area contributed by atoms with E-state index in [-0.39, 0.29) is 5.91 Å². The van der Waals surface area contributed by atoms with E-state index in [1.807, 2.05) is 30.3 Å². The van der Waals surface area contributed by atoms with E-state index >= 15 is 0 Å². The minimum Gasteiger partial charge on any atom is -0.368 e. The van der Waals surface area contributed by atoms with Crippen molar-refractivity contribution in [1.82, 2.24) is 4.90 Å². The van der Waals surface area contributed by atoms with Gasteiger partial charge in [-0.1, -0.05) is 30.3 Å². The fraction of sp³-hybridized carbons (Fsp3) is 0.462. The second-order valence-electron chi connectivity index (χ2n) is 4.57. The van der Waals surface area contributed by atoms with Crippen molar-refractivity contribution in [3.63, 3.8) is 0 Å². The second kappa shape index (κ2) is 4.17. The maximum Gasteiger partial charge on any atom is 0.257 e. The van der Waals surface area contributed by atoms with Gasteiger partial charge < -0.3 is 9.64 Å². The van der Waals surface area contributed by atoms with Crippen molar-refractivity contribution < 1.29 is 13.7 Å². The third-order valence-corrected chi connectivity index (χ3v) is 5.75. The highest BCUT2D eigenvalue weighted by Crippen LogP contribution is 2.48. The number of carbonyl (C=O) groups is 1. The minimum absolute atomic E-state index is 0.0468. The Morgan fingerprint density at radius 2 is 2.11 bits per heavy atom. The van der Waals surface area contributed by atoms with Gasteiger partial charge in [-0.15, -0.1) is 0 Å². The molecule has 1 aromatic carbocycles. The van der Waals surface area contributed by atoms with Crippen LogP contribution in [0.2, 0.25) is 0 Å². The first-order valence-electron chi connectivity index (χ1n) is 6.01. The highest BCUT2D eigenvalue weighted by atomic mass is 32.2. The van der Waals surface area contributed by atoms with E-state index in [0.717, 1.165) is 12.0 Å². The smallest absolute Gasteiger partial charge is 0.257 e. The molecule has 2 fully saturated rings. The average molecular weight is 265 g/mol. The van der Waals surface area contributed by atoms with E-state index in [1.165, 1.54) is 7.11 Å². The second-order valence-corrected chi connectivity index (χ2v) is 6.29. The molecule has 3 atom stereocenters. The fourth-order valence-corrected chi connectivity index (χ4v) is 4.92. The molecule has 0 aliphatic carbocycles. The summed E-state index contributed by atoms with van der Waals surface area (Å²) in [6.07, 6.45) is 0.185. The summed E-state index contributed by atoms with van der Waals surface area (Å²) in [5, 5.41) is 0. The summed E-state index contributed by atoms with van der Waals surface area (Å²) in [4.78, 5) is 13.0. The molecule has 1 aromatic rings. The number of nitrogens with zero attached hydrogens (tertiary/aromatic N) is 1. The SMILES string of the molecule is CO[C@@H]1C(=O)N2CCCS(=O)[C@@]12c1ccccc1. The summed E-state index contributed by atoms with van der Waals surface area (Å²) in [5.74, 6) is 0.577. The lowest BCUT2D eigenvalue weighted by Gasteiger charge is -2.57. The van der Waals surface area contributed by atoms with E-state index in [0.29, 0.717) is 12.3 Å². The fourth-order valence-electron chi connectivity index (χ4n) is 2.95. The zero-order valence-corrected chi connectivity index (χ0v) is 11.0. The van der Waals surface area contributed by atoms with E-state index < -0.39 is 21.8 Å². The van der Waals surface area contributed by atoms with Gasteiger partial charge in [-0.2, -0.15) is 0 Å². The molecule has 1 unspecified atom stereocenters. The summed E-state index contributed by atoms with van der Waals surface area (Å²) in [6, 6.07) is 9.58. The molecule has 5 heteroatoms. The van der Waals surface area contributed by atoms with Gasteiger partial charge >= 0.3 is 0 Å². The zero-order chi connectivity index (χ0) is 12.8. The maximum absolute atomic E-state index is 12.5. The van der Waals surface area contributed by atoms with Crippen LogP contribution in [0.4, 0.5) is 0 Å². The molecule has 2 saturated heterocycles. The normalized spacial score (nSPS) is 34.9. The van der Waals surface area contributed by atoms with Crippen molar-refractivity contribution in [2.24, 2.45) is 0 Å². The van der Waals surface area contributed by atoms with Crippen molar-refractivity contribution in [3.05, 3.63) is 35.9 Å². The lowest BCUT2D eigenvalue weighted by atomic mass is 9.89. The highest BCUT2D eigenvalue weighted by molar-refractivity contribution is 7.86. The van der Waals surface area contributed by atoms with E-state index in [1.54, 1.807) is 4.90 Å². The van der Waals surface area contributed by atoms with Crippen LogP contribution >= 0.6 is 0 Å². The summed E-state index contributed by atoms with van der Waals surface area (Å²) in [7, 11) is 0.402. The van der Waals surface area contributed by atoms with Gasteiger partial charge in [-0.25, -0.2) is 0 Å². The van der Waals surface area contributed by atoms with Crippen LogP contribution < -0.4 is 0 Å². The van der Waals surface area contributed by atoms with Gasteiger partial charge in [0.2, 0.25) is 0 Å². The van der Waals surface area contributed by atoms with Crippen LogP contribution in [0.3, 0.4) is 0 Å². The molecule has 1 amide bonds. The molecule has 2 aliphatic rings.